The summed E-state index contributed by atoms with van der Waals surface area (Å²) in [6.07, 6.45) is 0. The number of para-hydroxylation sites is 2. The van der Waals surface area contributed by atoms with E-state index >= 15 is 0 Å². The number of halogens is 1. The molecule has 138 valence electrons. The van der Waals surface area contributed by atoms with Gasteiger partial charge in [-0.05, 0) is 50.1 Å². The maximum absolute atomic E-state index is 12.6. The zero-order chi connectivity index (χ0) is 19.3. The molecule has 0 fully saturated rings. The van der Waals surface area contributed by atoms with Gasteiger partial charge in [0.15, 0.2) is 0 Å². The largest absolute Gasteiger partial charge is 0.492 e. The van der Waals surface area contributed by atoms with Crippen molar-refractivity contribution in [3.05, 3.63) is 52.5 Å². The minimum absolute atomic E-state index is 0.136. The van der Waals surface area contributed by atoms with Crippen LogP contribution in [0.3, 0.4) is 0 Å². The summed E-state index contributed by atoms with van der Waals surface area (Å²) >= 11 is 6.25. The summed E-state index contributed by atoms with van der Waals surface area (Å²) in [7, 11) is 0. The Bertz CT molecular complexity index is 797. The van der Waals surface area contributed by atoms with Crippen LogP contribution >= 0.6 is 11.6 Å². The van der Waals surface area contributed by atoms with E-state index in [0.29, 0.717) is 28.8 Å². The molecule has 0 spiro atoms. The van der Waals surface area contributed by atoms with Gasteiger partial charge in [0.05, 0.1) is 23.0 Å². The number of ether oxygens (including phenoxy) is 1. The van der Waals surface area contributed by atoms with Gasteiger partial charge in [0, 0.05) is 6.92 Å². The first kappa shape index (κ1) is 19.8. The number of hydrogen-bond acceptors (Lipinski definition) is 3. The second-order valence-corrected chi connectivity index (χ2v) is 6.40. The van der Waals surface area contributed by atoms with Crippen molar-refractivity contribution in [1.82, 2.24) is 0 Å². The highest BCUT2D eigenvalue weighted by molar-refractivity contribution is 6.34. The van der Waals surface area contributed by atoms with Crippen LogP contribution in [0.1, 0.15) is 25.0 Å². The molecule has 0 saturated carbocycles. The predicted molar refractivity (Wildman–Crippen MR) is 105 cm³/mol. The van der Waals surface area contributed by atoms with Gasteiger partial charge in [-0.1, -0.05) is 29.8 Å². The highest BCUT2D eigenvalue weighted by Gasteiger charge is 2.20. The van der Waals surface area contributed by atoms with Gasteiger partial charge in [-0.15, -0.1) is 0 Å². The fourth-order valence-corrected chi connectivity index (χ4v) is 3.09. The second kappa shape index (κ2) is 8.72. The maximum Gasteiger partial charge on any atom is 0.244 e. The Kier molecular flexibility index (Phi) is 6.64. The summed E-state index contributed by atoms with van der Waals surface area (Å²) in [5, 5.41) is 3.28. The van der Waals surface area contributed by atoms with Crippen molar-refractivity contribution < 1.29 is 14.3 Å². The Morgan fingerprint density at radius 3 is 2.50 bits per heavy atom. The van der Waals surface area contributed by atoms with E-state index in [-0.39, 0.29) is 18.4 Å². The second-order valence-electron chi connectivity index (χ2n) is 5.99. The van der Waals surface area contributed by atoms with Gasteiger partial charge in [-0.3, -0.25) is 14.5 Å². The molecular weight excluding hydrogens is 352 g/mol. The topological polar surface area (TPSA) is 58.6 Å². The van der Waals surface area contributed by atoms with E-state index in [2.05, 4.69) is 5.32 Å². The van der Waals surface area contributed by atoms with Crippen LogP contribution in [0.15, 0.2) is 36.4 Å². The van der Waals surface area contributed by atoms with Crippen LogP contribution < -0.4 is 15.0 Å². The van der Waals surface area contributed by atoms with Crippen LogP contribution in [0.4, 0.5) is 11.4 Å². The first-order chi connectivity index (χ1) is 12.3. The number of carbonyl (C=O) groups is 2. The van der Waals surface area contributed by atoms with Gasteiger partial charge in [0.2, 0.25) is 11.8 Å². The van der Waals surface area contributed by atoms with E-state index in [1.165, 1.54) is 11.8 Å². The molecule has 0 bridgehead atoms. The number of anilines is 2. The number of aryl methyl sites for hydroxylation is 2. The summed E-state index contributed by atoms with van der Waals surface area (Å²) < 4.78 is 5.57. The van der Waals surface area contributed by atoms with Gasteiger partial charge >= 0.3 is 0 Å². The molecule has 0 aliphatic carbocycles. The Balaban J connectivity index is 2.24. The number of benzene rings is 2. The molecule has 2 aromatic carbocycles. The van der Waals surface area contributed by atoms with Crippen molar-refractivity contribution >= 4 is 34.8 Å². The van der Waals surface area contributed by atoms with E-state index < -0.39 is 0 Å². The third kappa shape index (κ3) is 4.76. The number of carbonyl (C=O) groups excluding carboxylic acids is 2. The van der Waals surface area contributed by atoms with Crippen LogP contribution in [0.5, 0.6) is 5.75 Å². The van der Waals surface area contributed by atoms with E-state index in [9.17, 15) is 9.59 Å². The average molecular weight is 375 g/mol. The molecule has 0 atom stereocenters. The molecule has 1 N–H and O–H groups in total. The first-order valence-corrected chi connectivity index (χ1v) is 8.77. The zero-order valence-corrected chi connectivity index (χ0v) is 16.2. The van der Waals surface area contributed by atoms with Crippen molar-refractivity contribution in [2.75, 3.05) is 23.4 Å². The molecule has 0 heterocycles. The predicted octanol–water partition coefficient (Wildman–Crippen LogP) is 4.35. The quantitative estimate of drug-likeness (QED) is 0.817. The summed E-state index contributed by atoms with van der Waals surface area (Å²) in [5.41, 5.74) is 3.00. The first-order valence-electron chi connectivity index (χ1n) is 8.40. The zero-order valence-electron chi connectivity index (χ0n) is 15.4. The minimum Gasteiger partial charge on any atom is -0.492 e. The molecule has 2 aromatic rings. The Morgan fingerprint density at radius 2 is 1.88 bits per heavy atom. The lowest BCUT2D eigenvalue weighted by Gasteiger charge is -2.23. The fourth-order valence-electron chi connectivity index (χ4n) is 2.72. The van der Waals surface area contributed by atoms with Crippen LogP contribution in [-0.4, -0.2) is 25.0 Å². The number of rotatable bonds is 6. The molecule has 2 amide bonds. The molecule has 0 aliphatic rings. The van der Waals surface area contributed by atoms with Gasteiger partial charge in [-0.2, -0.15) is 0 Å². The molecule has 26 heavy (non-hydrogen) atoms. The highest BCUT2D eigenvalue weighted by atomic mass is 35.5. The fraction of sp³-hybridized carbons (Fsp3) is 0.300. The van der Waals surface area contributed by atoms with Crippen LogP contribution in [0, 0.1) is 13.8 Å². The molecule has 0 aromatic heterocycles. The summed E-state index contributed by atoms with van der Waals surface area (Å²) in [4.78, 5) is 26.1. The Hall–Kier alpha value is -2.53. The lowest BCUT2D eigenvalue weighted by molar-refractivity contribution is -0.120. The van der Waals surface area contributed by atoms with Crippen molar-refractivity contribution in [2.24, 2.45) is 0 Å². The lowest BCUT2D eigenvalue weighted by atomic mass is 10.1. The number of amides is 2. The highest BCUT2D eigenvalue weighted by Crippen LogP contribution is 2.29. The van der Waals surface area contributed by atoms with Crippen molar-refractivity contribution in [3.8, 4) is 5.75 Å². The lowest BCUT2D eigenvalue weighted by Crippen LogP contribution is -2.37. The molecule has 5 nitrogen and oxygen atoms in total. The van der Waals surface area contributed by atoms with E-state index in [0.717, 1.165) is 11.1 Å². The average Bonchev–Trinajstić information content (AvgIpc) is 2.57. The molecule has 0 unspecified atom stereocenters. The standard InChI is InChI=1S/C20H23ClN2O3/c1-5-26-18-9-7-6-8-17(18)23(15(4)24)12-19(25)22-20-14(3)10-13(2)11-16(20)21/h6-11H,5,12H2,1-4H3,(H,22,25). The molecule has 6 heteroatoms. The molecule has 0 saturated heterocycles. The molecular formula is C20H23ClN2O3. The third-order valence-corrected chi connectivity index (χ3v) is 4.13. The van der Waals surface area contributed by atoms with Crippen molar-refractivity contribution in [1.29, 1.82) is 0 Å². The van der Waals surface area contributed by atoms with Crippen LogP contribution in [-0.2, 0) is 9.59 Å². The van der Waals surface area contributed by atoms with E-state index in [4.69, 9.17) is 16.3 Å². The van der Waals surface area contributed by atoms with Gasteiger partial charge < -0.3 is 10.1 Å². The number of nitrogens with zero attached hydrogens (tertiary/aromatic N) is 1. The van der Waals surface area contributed by atoms with Crippen molar-refractivity contribution in [3.63, 3.8) is 0 Å². The maximum atomic E-state index is 12.6. The number of nitrogens with one attached hydrogen (secondary N) is 1. The van der Waals surface area contributed by atoms with Gasteiger partial charge in [0.1, 0.15) is 12.3 Å². The molecule has 2 rings (SSSR count). The van der Waals surface area contributed by atoms with Gasteiger partial charge in [0.25, 0.3) is 0 Å². The van der Waals surface area contributed by atoms with Crippen molar-refractivity contribution in [2.45, 2.75) is 27.7 Å². The monoisotopic (exact) mass is 374 g/mol. The summed E-state index contributed by atoms with van der Waals surface area (Å²) in [6.45, 7) is 7.42. The Morgan fingerprint density at radius 1 is 1.19 bits per heavy atom. The van der Waals surface area contributed by atoms with Crippen LogP contribution in [0.2, 0.25) is 5.02 Å². The van der Waals surface area contributed by atoms with E-state index in [1.54, 1.807) is 24.3 Å². The Labute approximate surface area is 158 Å². The molecule has 0 radical (unpaired) electrons. The third-order valence-electron chi connectivity index (χ3n) is 3.83. The smallest absolute Gasteiger partial charge is 0.244 e. The van der Waals surface area contributed by atoms with Crippen LogP contribution in [0.25, 0.3) is 0 Å². The number of hydrogen-bond donors (Lipinski definition) is 1. The summed E-state index contributed by atoms with van der Waals surface area (Å²) in [6, 6.07) is 10.9. The summed E-state index contributed by atoms with van der Waals surface area (Å²) in [5.74, 6) is -0.0260. The van der Waals surface area contributed by atoms with E-state index in [1.807, 2.05) is 32.9 Å². The molecule has 0 aliphatic heterocycles. The SMILES string of the molecule is CCOc1ccccc1N(CC(=O)Nc1c(C)cc(C)cc1Cl)C(C)=O. The normalized spacial score (nSPS) is 10.3. The van der Waals surface area contributed by atoms with Gasteiger partial charge in [-0.25, -0.2) is 0 Å². The minimum atomic E-state index is -0.333.